The Kier molecular flexibility index (Phi) is 4.70. The number of carbonyl (C=O) groups excluding carboxylic acids is 1. The number of nitrogens with one attached hydrogen (secondary N) is 1. The van der Waals surface area contributed by atoms with Gasteiger partial charge in [-0.05, 0) is 26.1 Å². The predicted octanol–water partition coefficient (Wildman–Crippen LogP) is 0.130. The van der Waals surface area contributed by atoms with Crippen LogP contribution in [0.4, 0.5) is 4.39 Å². The van der Waals surface area contributed by atoms with Crippen molar-refractivity contribution in [2.45, 2.75) is 26.1 Å². The van der Waals surface area contributed by atoms with E-state index in [0.29, 0.717) is 13.1 Å². The molecule has 128 valence electrons. The highest BCUT2D eigenvalue weighted by Crippen LogP contribution is 2.16. The summed E-state index contributed by atoms with van der Waals surface area (Å²) < 4.78 is 20.5. The number of aromatic nitrogens is 4. The number of pyridine rings is 1. The molecule has 0 fully saturated rings. The van der Waals surface area contributed by atoms with E-state index in [-0.39, 0.29) is 31.0 Å². The van der Waals surface area contributed by atoms with Gasteiger partial charge in [0.25, 0.3) is 0 Å². The van der Waals surface area contributed by atoms with Gasteiger partial charge in [0.05, 0.1) is 19.6 Å². The molecule has 2 aromatic heterocycles. The summed E-state index contributed by atoms with van der Waals surface area (Å²) in [6.07, 6.45) is 1.45. The summed E-state index contributed by atoms with van der Waals surface area (Å²) in [5.41, 5.74) is 0. The molecule has 3 heterocycles. The number of ether oxygens (including phenoxy) is 1. The van der Waals surface area contributed by atoms with Gasteiger partial charge in [-0.3, -0.25) is 9.69 Å². The van der Waals surface area contributed by atoms with E-state index in [2.05, 4.69) is 20.5 Å². The quantitative estimate of drug-likeness (QED) is 0.783. The average Bonchev–Trinajstić information content (AvgIpc) is 2.92. The van der Waals surface area contributed by atoms with Crippen LogP contribution in [0.1, 0.15) is 11.6 Å². The number of hydrogen-bond acceptors (Lipinski definition) is 6. The van der Waals surface area contributed by atoms with Crippen molar-refractivity contribution < 1.29 is 13.9 Å². The molecule has 24 heavy (non-hydrogen) atoms. The van der Waals surface area contributed by atoms with Crippen LogP contribution in [-0.2, 0) is 17.9 Å². The van der Waals surface area contributed by atoms with E-state index >= 15 is 0 Å². The number of halogens is 1. The van der Waals surface area contributed by atoms with E-state index in [1.165, 1.54) is 18.3 Å². The number of aryl methyl sites for hydroxylation is 1. The Balaban J connectivity index is 1.50. The molecular weight excluding hydrogens is 315 g/mol. The molecule has 9 heteroatoms. The van der Waals surface area contributed by atoms with Gasteiger partial charge in [-0.15, -0.1) is 10.2 Å². The lowest BCUT2D eigenvalue weighted by Gasteiger charge is -2.32. The number of hydrogen-bond donors (Lipinski definition) is 1. The van der Waals surface area contributed by atoms with Crippen molar-refractivity contribution >= 4 is 5.91 Å². The zero-order valence-corrected chi connectivity index (χ0v) is 13.6. The Morgan fingerprint density at radius 2 is 2.33 bits per heavy atom. The van der Waals surface area contributed by atoms with Gasteiger partial charge >= 0.3 is 0 Å². The molecule has 0 radical (unpaired) electrons. The maximum atomic E-state index is 13.4. The largest absolute Gasteiger partial charge is 0.474 e. The smallest absolute Gasteiger partial charge is 0.250 e. The van der Waals surface area contributed by atoms with Crippen LogP contribution in [0.3, 0.4) is 0 Å². The predicted molar refractivity (Wildman–Crippen MR) is 82.7 cm³/mol. The molecule has 0 aliphatic carbocycles. The van der Waals surface area contributed by atoms with Gasteiger partial charge in [0.15, 0.2) is 5.82 Å². The molecule has 3 rings (SSSR count). The van der Waals surface area contributed by atoms with Crippen molar-refractivity contribution in [3.05, 3.63) is 35.8 Å². The molecule has 1 N–H and O–H groups in total. The second-order valence-corrected chi connectivity index (χ2v) is 5.63. The zero-order valence-electron chi connectivity index (χ0n) is 13.6. The fraction of sp³-hybridized carbons (Fsp3) is 0.467. The van der Waals surface area contributed by atoms with E-state index in [0.717, 1.165) is 11.6 Å². The number of fused-ring (bicyclic) bond motifs is 1. The Labute approximate surface area is 138 Å². The molecule has 0 bridgehead atoms. The molecule has 1 atom stereocenters. The fourth-order valence-electron chi connectivity index (χ4n) is 2.63. The molecular formula is C15H19FN6O2. The highest BCUT2D eigenvalue weighted by atomic mass is 19.1. The molecule has 0 saturated heterocycles. The third-order valence-corrected chi connectivity index (χ3v) is 3.96. The van der Waals surface area contributed by atoms with Crippen molar-refractivity contribution in [2.24, 2.45) is 0 Å². The van der Waals surface area contributed by atoms with Crippen molar-refractivity contribution in [3.8, 4) is 5.88 Å². The molecule has 0 spiro atoms. The van der Waals surface area contributed by atoms with Crippen LogP contribution in [0.5, 0.6) is 5.88 Å². The number of amides is 1. The van der Waals surface area contributed by atoms with Crippen LogP contribution in [-0.4, -0.2) is 56.8 Å². The highest BCUT2D eigenvalue weighted by molar-refractivity contribution is 5.81. The third kappa shape index (κ3) is 3.35. The minimum Gasteiger partial charge on any atom is -0.474 e. The summed E-state index contributed by atoms with van der Waals surface area (Å²) in [6.45, 7) is 3.35. The summed E-state index contributed by atoms with van der Waals surface area (Å²) in [4.78, 5) is 18.1. The van der Waals surface area contributed by atoms with Gasteiger partial charge in [-0.2, -0.15) is 0 Å². The Morgan fingerprint density at radius 3 is 3.12 bits per heavy atom. The van der Waals surface area contributed by atoms with Gasteiger partial charge in [-0.1, -0.05) is 0 Å². The molecule has 8 nitrogen and oxygen atoms in total. The van der Waals surface area contributed by atoms with E-state index in [1.807, 2.05) is 23.4 Å². The topological polar surface area (TPSA) is 85.2 Å². The third-order valence-electron chi connectivity index (χ3n) is 3.96. The van der Waals surface area contributed by atoms with Crippen LogP contribution in [0.25, 0.3) is 0 Å². The SMILES string of the molecule is Cc1nnc2n1CC(C(=O)NCCOc1ncccc1F)N(C)C2. The Morgan fingerprint density at radius 1 is 1.50 bits per heavy atom. The van der Waals surface area contributed by atoms with Gasteiger partial charge in [0, 0.05) is 6.20 Å². The maximum Gasteiger partial charge on any atom is 0.250 e. The number of likely N-dealkylation sites (N-methyl/N-ethyl adjacent to an activating group) is 1. The minimum atomic E-state index is -0.522. The van der Waals surface area contributed by atoms with E-state index in [1.54, 1.807) is 0 Å². The first-order valence-electron chi connectivity index (χ1n) is 7.66. The van der Waals surface area contributed by atoms with Crippen LogP contribution in [0, 0.1) is 12.7 Å². The fourth-order valence-corrected chi connectivity index (χ4v) is 2.63. The van der Waals surface area contributed by atoms with Crippen LogP contribution in [0.15, 0.2) is 18.3 Å². The van der Waals surface area contributed by atoms with Crippen LogP contribution < -0.4 is 10.1 Å². The first kappa shape index (κ1) is 16.3. The average molecular weight is 334 g/mol. The van der Waals surface area contributed by atoms with Crippen molar-refractivity contribution in [1.29, 1.82) is 0 Å². The summed E-state index contributed by atoms with van der Waals surface area (Å²) in [5, 5.41) is 10.9. The molecule has 0 saturated carbocycles. The summed E-state index contributed by atoms with van der Waals surface area (Å²) in [6, 6.07) is 2.46. The van der Waals surface area contributed by atoms with Crippen molar-refractivity contribution in [3.63, 3.8) is 0 Å². The second-order valence-electron chi connectivity index (χ2n) is 5.63. The van der Waals surface area contributed by atoms with Gasteiger partial charge < -0.3 is 14.6 Å². The van der Waals surface area contributed by atoms with Gasteiger partial charge in [0.1, 0.15) is 24.3 Å². The normalized spacial score (nSPS) is 17.4. The molecule has 0 aromatic carbocycles. The lowest BCUT2D eigenvalue weighted by molar-refractivity contribution is -0.127. The van der Waals surface area contributed by atoms with Crippen LogP contribution in [0.2, 0.25) is 0 Å². The van der Waals surface area contributed by atoms with Crippen molar-refractivity contribution in [2.75, 3.05) is 20.2 Å². The van der Waals surface area contributed by atoms with E-state index in [9.17, 15) is 9.18 Å². The molecule has 1 aliphatic heterocycles. The Hall–Kier alpha value is -2.55. The maximum absolute atomic E-state index is 13.4. The minimum absolute atomic E-state index is 0.0636. The van der Waals surface area contributed by atoms with Gasteiger partial charge in [0.2, 0.25) is 11.8 Å². The standard InChI is InChI=1S/C15H19FN6O2/c1-10-19-20-13-9-21(2)12(8-22(10)13)14(23)17-6-7-24-15-11(16)4-3-5-18-15/h3-5,12H,6-9H2,1-2H3,(H,17,23). The van der Waals surface area contributed by atoms with Crippen LogP contribution >= 0.6 is 0 Å². The number of nitrogens with zero attached hydrogens (tertiary/aromatic N) is 5. The highest BCUT2D eigenvalue weighted by Gasteiger charge is 2.30. The summed E-state index contributed by atoms with van der Waals surface area (Å²) in [5.74, 6) is 0.956. The van der Waals surface area contributed by atoms with E-state index < -0.39 is 5.82 Å². The van der Waals surface area contributed by atoms with E-state index in [4.69, 9.17) is 4.74 Å². The summed E-state index contributed by atoms with van der Waals surface area (Å²) >= 11 is 0. The van der Waals surface area contributed by atoms with Gasteiger partial charge in [-0.25, -0.2) is 9.37 Å². The lowest BCUT2D eigenvalue weighted by Crippen LogP contribution is -2.51. The van der Waals surface area contributed by atoms with Crippen molar-refractivity contribution in [1.82, 2.24) is 30.0 Å². The lowest BCUT2D eigenvalue weighted by atomic mass is 10.2. The molecule has 1 aliphatic rings. The summed E-state index contributed by atoms with van der Waals surface area (Å²) in [7, 11) is 1.87. The number of rotatable bonds is 5. The molecule has 2 aromatic rings. The molecule has 1 amide bonds. The zero-order chi connectivity index (χ0) is 17.1. The second kappa shape index (κ2) is 6.91. The molecule has 1 unspecified atom stereocenters. The first-order valence-corrected chi connectivity index (χ1v) is 7.66. The monoisotopic (exact) mass is 334 g/mol. The number of carbonyl (C=O) groups is 1. The first-order chi connectivity index (χ1) is 11.6. The Bertz CT molecular complexity index is 735.